The fourth-order valence-electron chi connectivity index (χ4n) is 3.78. The molecule has 0 unspecified atom stereocenters. The predicted molar refractivity (Wildman–Crippen MR) is 113 cm³/mol. The van der Waals surface area contributed by atoms with Gasteiger partial charge in [0.05, 0.1) is 23.6 Å². The molecule has 1 heterocycles. The van der Waals surface area contributed by atoms with Crippen molar-refractivity contribution in [2.45, 2.75) is 52.1 Å². The monoisotopic (exact) mass is 409 g/mol. The lowest BCUT2D eigenvalue weighted by atomic mass is 10.0. The maximum Gasteiger partial charge on any atom is 0.249 e. The van der Waals surface area contributed by atoms with Crippen molar-refractivity contribution in [1.82, 2.24) is 15.1 Å². The quantitative estimate of drug-likeness (QED) is 0.583. The first-order valence-electron chi connectivity index (χ1n) is 9.98. The number of benzene rings is 2. The molecule has 0 fully saturated rings. The summed E-state index contributed by atoms with van der Waals surface area (Å²) in [6, 6.07) is 13.8. The van der Waals surface area contributed by atoms with Gasteiger partial charge in [-0.05, 0) is 61.9 Å². The Balaban J connectivity index is 1.48. The van der Waals surface area contributed by atoms with Gasteiger partial charge >= 0.3 is 0 Å². The van der Waals surface area contributed by atoms with Crippen molar-refractivity contribution in [1.29, 1.82) is 0 Å². The molecule has 1 aliphatic carbocycles. The van der Waals surface area contributed by atoms with Crippen LogP contribution in [0.15, 0.2) is 46.9 Å². The largest absolute Gasteiger partial charge is 0.419 e. The maximum absolute atomic E-state index is 13.0. The lowest BCUT2D eigenvalue weighted by molar-refractivity contribution is -0.133. The van der Waals surface area contributed by atoms with Crippen LogP contribution in [0.2, 0.25) is 5.02 Å². The van der Waals surface area contributed by atoms with E-state index in [-0.39, 0.29) is 18.5 Å². The SMILES string of the molecule is CC(C)N(Cc1nnc(-c2ccccc2Cl)o1)C(=O)Cc1ccc2c(c1)CCC2. The number of carbonyl (C=O) groups is 1. The van der Waals surface area contributed by atoms with E-state index in [1.807, 2.05) is 32.0 Å². The topological polar surface area (TPSA) is 59.2 Å². The Morgan fingerprint density at radius 1 is 1.14 bits per heavy atom. The van der Waals surface area contributed by atoms with Crippen LogP contribution in [0.25, 0.3) is 11.5 Å². The number of hydrogen-bond acceptors (Lipinski definition) is 4. The van der Waals surface area contributed by atoms with Crippen molar-refractivity contribution in [2.24, 2.45) is 0 Å². The average Bonchev–Trinajstić information content (AvgIpc) is 3.35. The number of hydrogen-bond donors (Lipinski definition) is 0. The zero-order chi connectivity index (χ0) is 20.4. The molecule has 1 aliphatic rings. The van der Waals surface area contributed by atoms with E-state index in [0.29, 0.717) is 28.8 Å². The molecule has 29 heavy (non-hydrogen) atoms. The van der Waals surface area contributed by atoms with Gasteiger partial charge < -0.3 is 9.32 Å². The third kappa shape index (κ3) is 4.35. The maximum atomic E-state index is 13.0. The summed E-state index contributed by atoms with van der Waals surface area (Å²) in [7, 11) is 0. The molecular weight excluding hydrogens is 386 g/mol. The molecule has 3 aromatic rings. The molecule has 1 aromatic heterocycles. The Labute approximate surface area is 175 Å². The van der Waals surface area contributed by atoms with Gasteiger partial charge in [-0.3, -0.25) is 4.79 Å². The molecule has 5 nitrogen and oxygen atoms in total. The zero-order valence-electron chi connectivity index (χ0n) is 16.7. The third-order valence-electron chi connectivity index (χ3n) is 5.34. The van der Waals surface area contributed by atoms with Gasteiger partial charge in [0.25, 0.3) is 0 Å². The van der Waals surface area contributed by atoms with E-state index in [9.17, 15) is 4.79 Å². The fraction of sp³-hybridized carbons (Fsp3) is 0.348. The Kier molecular flexibility index (Phi) is 5.67. The second-order valence-corrected chi connectivity index (χ2v) is 8.14. The van der Waals surface area contributed by atoms with Crippen molar-refractivity contribution in [2.75, 3.05) is 0 Å². The van der Waals surface area contributed by atoms with Crippen molar-refractivity contribution >= 4 is 17.5 Å². The highest BCUT2D eigenvalue weighted by Crippen LogP contribution is 2.27. The van der Waals surface area contributed by atoms with E-state index in [4.69, 9.17) is 16.0 Å². The molecule has 0 saturated heterocycles. The minimum absolute atomic E-state index is 0.0209. The summed E-state index contributed by atoms with van der Waals surface area (Å²) < 4.78 is 5.79. The van der Waals surface area contributed by atoms with Gasteiger partial charge in [0.15, 0.2) is 0 Å². The number of aromatic nitrogens is 2. The highest BCUT2D eigenvalue weighted by Gasteiger charge is 2.22. The number of fused-ring (bicyclic) bond motifs is 1. The molecular formula is C23H24ClN3O2. The molecule has 0 spiro atoms. The second-order valence-electron chi connectivity index (χ2n) is 7.73. The molecule has 0 aliphatic heterocycles. The summed E-state index contributed by atoms with van der Waals surface area (Å²) in [6.45, 7) is 4.26. The summed E-state index contributed by atoms with van der Waals surface area (Å²) in [5.41, 5.74) is 4.55. The summed E-state index contributed by atoms with van der Waals surface area (Å²) in [6.07, 6.45) is 3.83. The molecule has 0 bridgehead atoms. The van der Waals surface area contributed by atoms with Crippen LogP contribution in [-0.4, -0.2) is 27.0 Å². The smallest absolute Gasteiger partial charge is 0.249 e. The normalized spacial score (nSPS) is 13.0. The molecule has 2 aromatic carbocycles. The van der Waals surface area contributed by atoms with Crippen LogP contribution in [0.5, 0.6) is 0 Å². The van der Waals surface area contributed by atoms with Gasteiger partial charge in [0.2, 0.25) is 17.7 Å². The standard InChI is InChI=1S/C23H24ClN3O2/c1-15(2)27(22(28)13-16-10-11-17-6-5-7-18(17)12-16)14-21-25-26-23(29-21)19-8-3-4-9-20(19)24/h3-4,8-12,15H,5-7,13-14H2,1-2H3. The molecule has 0 atom stereocenters. The summed E-state index contributed by atoms with van der Waals surface area (Å²) in [5.74, 6) is 0.812. The van der Waals surface area contributed by atoms with Gasteiger partial charge in [0.1, 0.15) is 0 Å². The van der Waals surface area contributed by atoms with Crippen LogP contribution < -0.4 is 0 Å². The van der Waals surface area contributed by atoms with Crippen LogP contribution in [0.1, 0.15) is 42.8 Å². The first-order chi connectivity index (χ1) is 14.0. The molecule has 4 rings (SSSR count). The minimum Gasteiger partial charge on any atom is -0.419 e. The Morgan fingerprint density at radius 2 is 1.93 bits per heavy atom. The Hall–Kier alpha value is -2.66. The van der Waals surface area contributed by atoms with Gasteiger partial charge in [-0.2, -0.15) is 0 Å². The lowest BCUT2D eigenvalue weighted by Gasteiger charge is -2.25. The number of carbonyl (C=O) groups excluding carboxylic acids is 1. The minimum atomic E-state index is 0.0209. The van der Waals surface area contributed by atoms with E-state index in [2.05, 4.69) is 28.4 Å². The second kappa shape index (κ2) is 8.37. The summed E-state index contributed by atoms with van der Waals surface area (Å²) in [4.78, 5) is 14.8. The first kappa shape index (κ1) is 19.6. The molecule has 0 radical (unpaired) electrons. The number of amides is 1. The zero-order valence-corrected chi connectivity index (χ0v) is 17.4. The number of nitrogens with zero attached hydrogens (tertiary/aromatic N) is 3. The van der Waals surface area contributed by atoms with Crippen molar-refractivity contribution in [3.63, 3.8) is 0 Å². The third-order valence-corrected chi connectivity index (χ3v) is 5.67. The van der Waals surface area contributed by atoms with E-state index in [1.54, 1.807) is 11.0 Å². The van der Waals surface area contributed by atoms with Crippen LogP contribution in [0.3, 0.4) is 0 Å². The average molecular weight is 410 g/mol. The van der Waals surface area contributed by atoms with Gasteiger partial charge in [-0.15, -0.1) is 10.2 Å². The number of aryl methyl sites for hydroxylation is 2. The highest BCUT2D eigenvalue weighted by atomic mass is 35.5. The van der Waals surface area contributed by atoms with Crippen LogP contribution in [-0.2, 0) is 30.6 Å². The lowest BCUT2D eigenvalue weighted by Crippen LogP contribution is -2.37. The fourth-order valence-corrected chi connectivity index (χ4v) is 3.99. The van der Waals surface area contributed by atoms with Crippen molar-refractivity contribution in [3.05, 3.63) is 70.1 Å². The van der Waals surface area contributed by atoms with Crippen molar-refractivity contribution in [3.8, 4) is 11.5 Å². The van der Waals surface area contributed by atoms with E-state index >= 15 is 0 Å². The number of rotatable bonds is 6. The molecule has 0 N–H and O–H groups in total. The molecule has 150 valence electrons. The van der Waals surface area contributed by atoms with Crippen LogP contribution >= 0.6 is 11.6 Å². The van der Waals surface area contributed by atoms with Gasteiger partial charge in [-0.1, -0.05) is 41.9 Å². The number of halogens is 1. The van der Waals surface area contributed by atoms with E-state index in [1.165, 1.54) is 17.5 Å². The molecule has 1 amide bonds. The van der Waals surface area contributed by atoms with Gasteiger partial charge in [-0.25, -0.2) is 0 Å². The predicted octanol–water partition coefficient (Wildman–Crippen LogP) is 4.86. The van der Waals surface area contributed by atoms with Crippen molar-refractivity contribution < 1.29 is 9.21 Å². The summed E-state index contributed by atoms with van der Waals surface area (Å²) in [5, 5.41) is 8.78. The highest BCUT2D eigenvalue weighted by molar-refractivity contribution is 6.33. The van der Waals surface area contributed by atoms with Crippen LogP contribution in [0.4, 0.5) is 0 Å². The van der Waals surface area contributed by atoms with Gasteiger partial charge in [0, 0.05) is 6.04 Å². The Bertz CT molecular complexity index is 1030. The first-order valence-corrected chi connectivity index (χ1v) is 10.4. The van der Waals surface area contributed by atoms with Crippen LogP contribution in [0, 0.1) is 0 Å². The molecule has 0 saturated carbocycles. The summed E-state index contributed by atoms with van der Waals surface area (Å²) >= 11 is 6.21. The Morgan fingerprint density at radius 3 is 2.72 bits per heavy atom. The van der Waals surface area contributed by atoms with E-state index in [0.717, 1.165) is 18.4 Å². The molecule has 6 heteroatoms. The van der Waals surface area contributed by atoms with E-state index < -0.39 is 0 Å².